The van der Waals surface area contributed by atoms with Gasteiger partial charge in [-0.25, -0.2) is 9.97 Å². The second-order valence-electron chi connectivity index (χ2n) is 6.28. The molecule has 0 unspecified atom stereocenters. The molecule has 5 aromatic rings. The summed E-state index contributed by atoms with van der Waals surface area (Å²) in [6, 6.07) is 16.5. The number of nitriles is 2. The fourth-order valence-electron chi connectivity index (χ4n) is 3.29. The summed E-state index contributed by atoms with van der Waals surface area (Å²) in [5, 5.41) is 20.4. The number of benzene rings is 2. The largest absolute Gasteiger partial charge is 0.319 e. The number of hydrogen-bond acceptors (Lipinski definition) is 6. The van der Waals surface area contributed by atoms with Crippen LogP contribution in [0.15, 0.2) is 58.8 Å². The minimum absolute atomic E-state index is 0.194. The summed E-state index contributed by atoms with van der Waals surface area (Å²) in [7, 11) is 0. The molecule has 0 fully saturated rings. The predicted octanol–water partition coefficient (Wildman–Crippen LogP) is 3.71. The van der Waals surface area contributed by atoms with Crippen molar-refractivity contribution >= 4 is 27.3 Å². The number of thiazole rings is 1. The third kappa shape index (κ3) is 2.59. The quantitative estimate of drug-likeness (QED) is 0.491. The van der Waals surface area contributed by atoms with E-state index >= 15 is 0 Å². The molecular formula is C21H10N6OS. The molecule has 0 spiro atoms. The van der Waals surface area contributed by atoms with Gasteiger partial charge in [0, 0.05) is 17.1 Å². The molecule has 7 nitrogen and oxygen atoms in total. The van der Waals surface area contributed by atoms with E-state index in [1.165, 1.54) is 23.5 Å². The highest BCUT2D eigenvalue weighted by molar-refractivity contribution is 7.15. The third-order valence-electron chi connectivity index (χ3n) is 4.61. The summed E-state index contributed by atoms with van der Waals surface area (Å²) in [4.78, 5) is 25.7. The average molecular weight is 394 g/mol. The van der Waals surface area contributed by atoms with Gasteiger partial charge in [-0.1, -0.05) is 30.3 Å². The first-order valence-electron chi connectivity index (χ1n) is 8.59. The van der Waals surface area contributed by atoms with Gasteiger partial charge < -0.3 is 4.98 Å². The molecule has 136 valence electrons. The molecule has 0 bridgehead atoms. The zero-order chi connectivity index (χ0) is 20.0. The highest BCUT2D eigenvalue weighted by Gasteiger charge is 2.21. The average Bonchev–Trinajstić information content (AvgIpc) is 3.34. The van der Waals surface area contributed by atoms with Crippen molar-refractivity contribution in [1.29, 1.82) is 10.5 Å². The lowest BCUT2D eigenvalue weighted by Gasteiger charge is -2.06. The van der Waals surface area contributed by atoms with Crippen LogP contribution in [0.4, 0.5) is 0 Å². The molecule has 0 saturated carbocycles. The minimum Gasteiger partial charge on any atom is -0.319 e. The Morgan fingerprint density at radius 3 is 2.52 bits per heavy atom. The monoisotopic (exact) mass is 394 g/mol. The molecule has 0 atom stereocenters. The number of rotatable bonds is 2. The lowest BCUT2D eigenvalue weighted by atomic mass is 10.1. The van der Waals surface area contributed by atoms with Crippen LogP contribution in [0.2, 0.25) is 0 Å². The molecule has 5 rings (SSSR count). The first kappa shape index (κ1) is 16.9. The van der Waals surface area contributed by atoms with Gasteiger partial charge in [0.2, 0.25) is 0 Å². The molecule has 0 saturated heterocycles. The van der Waals surface area contributed by atoms with Gasteiger partial charge >= 0.3 is 0 Å². The van der Waals surface area contributed by atoms with Gasteiger partial charge in [-0.2, -0.15) is 10.5 Å². The fourth-order valence-corrected chi connectivity index (χ4v) is 4.00. The van der Waals surface area contributed by atoms with Crippen LogP contribution in [0, 0.1) is 22.7 Å². The Morgan fingerprint density at radius 2 is 1.76 bits per heavy atom. The smallest absolute Gasteiger partial charge is 0.276 e. The summed E-state index contributed by atoms with van der Waals surface area (Å²) in [5.74, 6) is 0. The number of nitrogens with one attached hydrogen (secondary N) is 1. The molecule has 8 heteroatoms. The van der Waals surface area contributed by atoms with Gasteiger partial charge in [0.15, 0.2) is 10.7 Å². The maximum absolute atomic E-state index is 12.9. The van der Waals surface area contributed by atoms with Crippen molar-refractivity contribution in [2.24, 2.45) is 0 Å². The number of nitrogens with zero attached hydrogens (tertiary/aromatic N) is 5. The molecule has 3 heterocycles. The summed E-state index contributed by atoms with van der Waals surface area (Å²) >= 11 is 1.46. The van der Waals surface area contributed by atoms with Crippen LogP contribution in [-0.4, -0.2) is 19.4 Å². The summed E-state index contributed by atoms with van der Waals surface area (Å²) in [5.41, 5.74) is 3.16. The van der Waals surface area contributed by atoms with Gasteiger partial charge in [-0.05, 0) is 12.1 Å². The highest BCUT2D eigenvalue weighted by Crippen LogP contribution is 2.32. The first-order chi connectivity index (χ1) is 14.2. The van der Waals surface area contributed by atoms with E-state index in [0.717, 1.165) is 10.5 Å². The van der Waals surface area contributed by atoms with Crippen LogP contribution in [0.5, 0.6) is 0 Å². The van der Waals surface area contributed by atoms with Crippen LogP contribution in [-0.2, 0) is 0 Å². The van der Waals surface area contributed by atoms with Crippen molar-refractivity contribution in [3.63, 3.8) is 0 Å². The van der Waals surface area contributed by atoms with Gasteiger partial charge in [0.05, 0.1) is 22.2 Å². The van der Waals surface area contributed by atoms with E-state index in [4.69, 9.17) is 4.98 Å². The molecule has 0 aliphatic heterocycles. The van der Waals surface area contributed by atoms with Crippen molar-refractivity contribution in [1.82, 2.24) is 19.4 Å². The lowest BCUT2D eigenvalue weighted by Crippen LogP contribution is -2.13. The maximum Gasteiger partial charge on any atom is 0.276 e. The van der Waals surface area contributed by atoms with Crippen molar-refractivity contribution in [3.05, 3.63) is 75.5 Å². The minimum atomic E-state index is -0.392. The van der Waals surface area contributed by atoms with E-state index < -0.39 is 5.56 Å². The number of fused-ring (bicyclic) bond motifs is 2. The van der Waals surface area contributed by atoms with Crippen molar-refractivity contribution in [2.75, 3.05) is 0 Å². The van der Waals surface area contributed by atoms with Gasteiger partial charge in [0.1, 0.15) is 23.5 Å². The third-order valence-corrected chi connectivity index (χ3v) is 5.36. The van der Waals surface area contributed by atoms with E-state index in [1.807, 2.05) is 58.4 Å². The normalized spacial score (nSPS) is 10.8. The second-order valence-corrected chi connectivity index (χ2v) is 7.16. The van der Waals surface area contributed by atoms with Crippen LogP contribution in [0.1, 0.15) is 11.1 Å². The first-order valence-corrected chi connectivity index (χ1v) is 9.47. The topological polar surface area (TPSA) is 111 Å². The van der Waals surface area contributed by atoms with E-state index in [-0.39, 0.29) is 16.8 Å². The Bertz CT molecular complexity index is 1550. The molecule has 2 aromatic carbocycles. The standard InChI is InChI=1S/C21H10N6OS/c22-10-13-8-15-16(9-14(13)11-23)25-20(28)18(24-15)19-17(12-4-2-1-3-5-12)26-21-27(19)6-7-29-21/h1-9H,(H,25,28). The lowest BCUT2D eigenvalue weighted by molar-refractivity contribution is 1.16. The molecule has 1 N–H and O–H groups in total. The molecule has 0 amide bonds. The van der Waals surface area contributed by atoms with Crippen LogP contribution >= 0.6 is 11.3 Å². The molecule has 3 aromatic heterocycles. The summed E-state index contributed by atoms with van der Waals surface area (Å²) < 4.78 is 1.84. The van der Waals surface area contributed by atoms with Crippen LogP contribution in [0.25, 0.3) is 38.6 Å². The van der Waals surface area contributed by atoms with E-state index in [1.54, 1.807) is 0 Å². The molecule has 0 aliphatic carbocycles. The Kier molecular flexibility index (Phi) is 3.73. The molecule has 0 radical (unpaired) electrons. The molecule has 29 heavy (non-hydrogen) atoms. The fraction of sp³-hybridized carbons (Fsp3) is 0. The Labute approximate surface area is 167 Å². The highest BCUT2D eigenvalue weighted by atomic mass is 32.1. The van der Waals surface area contributed by atoms with Crippen LogP contribution in [0.3, 0.4) is 0 Å². The Hall–Kier alpha value is -4.27. The van der Waals surface area contributed by atoms with Gasteiger partial charge in [-0.3, -0.25) is 9.20 Å². The SMILES string of the molecule is N#Cc1cc2nc(-c3c(-c4ccccc4)nc4sccn34)c(=O)[nH]c2cc1C#N. The number of aromatic nitrogens is 4. The van der Waals surface area contributed by atoms with E-state index in [2.05, 4.69) is 9.97 Å². The number of H-pyrrole nitrogens is 1. The van der Waals surface area contributed by atoms with Crippen molar-refractivity contribution in [3.8, 4) is 34.8 Å². The van der Waals surface area contributed by atoms with Crippen molar-refractivity contribution < 1.29 is 0 Å². The van der Waals surface area contributed by atoms with E-state index in [0.29, 0.717) is 22.4 Å². The van der Waals surface area contributed by atoms with E-state index in [9.17, 15) is 15.3 Å². The van der Waals surface area contributed by atoms with Gasteiger partial charge in [-0.15, -0.1) is 11.3 Å². The number of hydrogen-bond donors (Lipinski definition) is 1. The second kappa shape index (κ2) is 6.41. The summed E-state index contributed by atoms with van der Waals surface area (Å²) in [6.45, 7) is 0. The summed E-state index contributed by atoms with van der Waals surface area (Å²) in [6.07, 6.45) is 1.85. The molecular weight excluding hydrogens is 384 g/mol. The Balaban J connectivity index is 1.85. The zero-order valence-corrected chi connectivity index (χ0v) is 15.6. The zero-order valence-electron chi connectivity index (χ0n) is 14.7. The van der Waals surface area contributed by atoms with Gasteiger partial charge in [0.25, 0.3) is 5.56 Å². The molecule has 0 aliphatic rings. The predicted molar refractivity (Wildman–Crippen MR) is 109 cm³/mol. The van der Waals surface area contributed by atoms with Crippen molar-refractivity contribution in [2.45, 2.75) is 0 Å². The maximum atomic E-state index is 12.9. The Morgan fingerprint density at radius 1 is 1.00 bits per heavy atom. The number of imidazole rings is 1. The number of aromatic amines is 1. The van der Waals surface area contributed by atoms with Crippen LogP contribution < -0.4 is 5.56 Å².